The molecule has 0 saturated heterocycles. The summed E-state index contributed by atoms with van der Waals surface area (Å²) in [5.74, 6) is 0. The Balaban J connectivity index is 2.57. The molecule has 0 aromatic rings. The maximum atomic E-state index is 5.22. The first kappa shape index (κ1) is 7.35. The van der Waals surface area contributed by atoms with Crippen molar-refractivity contribution in [1.29, 1.82) is 0 Å². The van der Waals surface area contributed by atoms with E-state index in [0.717, 1.165) is 13.0 Å². The van der Waals surface area contributed by atoms with E-state index >= 15 is 0 Å². The van der Waals surface area contributed by atoms with Crippen molar-refractivity contribution < 1.29 is 4.84 Å². The molecule has 0 aliphatic carbocycles. The molecule has 1 rings (SSSR count). The zero-order chi connectivity index (χ0) is 7.40. The van der Waals surface area contributed by atoms with E-state index in [1.165, 1.54) is 5.57 Å². The van der Waals surface area contributed by atoms with E-state index in [-0.39, 0.29) is 0 Å². The number of rotatable bonds is 1. The maximum absolute atomic E-state index is 5.22. The normalized spacial score (nSPS) is 19.6. The average molecular weight is 139 g/mol. The summed E-state index contributed by atoms with van der Waals surface area (Å²) in [7, 11) is 1.92. The van der Waals surface area contributed by atoms with Gasteiger partial charge in [0.1, 0.15) is 6.26 Å². The third kappa shape index (κ3) is 1.88. The van der Waals surface area contributed by atoms with E-state index in [2.05, 4.69) is 19.1 Å². The van der Waals surface area contributed by atoms with Crippen LogP contribution in [0.15, 0.2) is 24.0 Å². The summed E-state index contributed by atoms with van der Waals surface area (Å²) in [6.45, 7) is 2.98. The van der Waals surface area contributed by atoms with Crippen LogP contribution in [0.1, 0.15) is 13.3 Å². The minimum Gasteiger partial charge on any atom is -0.413 e. The molecule has 0 saturated carbocycles. The smallest absolute Gasteiger partial charge is 0.114 e. The van der Waals surface area contributed by atoms with Crippen LogP contribution in [0.2, 0.25) is 0 Å². The molecule has 56 valence electrons. The molecule has 0 N–H and O–H groups in total. The summed E-state index contributed by atoms with van der Waals surface area (Å²) in [5, 5.41) is 1.79. The number of hydroxylamine groups is 2. The highest BCUT2D eigenvalue weighted by atomic mass is 16.7. The van der Waals surface area contributed by atoms with Crippen molar-refractivity contribution in [3.63, 3.8) is 0 Å². The highest BCUT2D eigenvalue weighted by Gasteiger charge is 1.98. The molecule has 0 aromatic carbocycles. The summed E-state index contributed by atoms with van der Waals surface area (Å²) < 4.78 is 0. The summed E-state index contributed by atoms with van der Waals surface area (Å²) in [6.07, 6.45) is 7.03. The molecule has 0 spiro atoms. The summed E-state index contributed by atoms with van der Waals surface area (Å²) in [4.78, 5) is 5.22. The Bertz CT molecular complexity index is 161. The molecule has 0 bridgehead atoms. The Labute approximate surface area is 61.7 Å². The van der Waals surface area contributed by atoms with Gasteiger partial charge in [-0.05, 0) is 12.0 Å². The van der Waals surface area contributed by atoms with Crippen molar-refractivity contribution in [2.45, 2.75) is 13.3 Å². The molecule has 0 radical (unpaired) electrons. The second-order valence-corrected chi connectivity index (χ2v) is 2.36. The third-order valence-corrected chi connectivity index (χ3v) is 1.49. The standard InChI is InChI=1S/C8H13NO/c1-3-8-5-4-6-9(2)10-7-8/h4-5,7H,3,6H2,1-2H3. The summed E-state index contributed by atoms with van der Waals surface area (Å²) >= 11 is 0. The largest absolute Gasteiger partial charge is 0.413 e. The minimum atomic E-state index is 0.861. The summed E-state index contributed by atoms with van der Waals surface area (Å²) in [6, 6.07) is 0. The Morgan fingerprint density at radius 1 is 1.70 bits per heavy atom. The predicted molar refractivity (Wildman–Crippen MR) is 41.2 cm³/mol. The third-order valence-electron chi connectivity index (χ3n) is 1.49. The van der Waals surface area contributed by atoms with Crippen LogP contribution in [-0.4, -0.2) is 18.7 Å². The number of nitrogens with zero attached hydrogens (tertiary/aromatic N) is 1. The van der Waals surface area contributed by atoms with Gasteiger partial charge in [0.05, 0.1) is 6.54 Å². The van der Waals surface area contributed by atoms with E-state index in [4.69, 9.17) is 4.84 Å². The second kappa shape index (κ2) is 3.42. The van der Waals surface area contributed by atoms with Gasteiger partial charge in [0, 0.05) is 7.05 Å². The lowest BCUT2D eigenvalue weighted by molar-refractivity contribution is -0.0682. The first-order valence-electron chi connectivity index (χ1n) is 3.56. The van der Waals surface area contributed by atoms with Gasteiger partial charge in [0.25, 0.3) is 0 Å². The quantitative estimate of drug-likeness (QED) is 0.548. The van der Waals surface area contributed by atoms with Crippen LogP contribution in [0.3, 0.4) is 0 Å². The van der Waals surface area contributed by atoms with Gasteiger partial charge in [-0.3, -0.25) is 0 Å². The average Bonchev–Trinajstić information content (AvgIpc) is 2.14. The lowest BCUT2D eigenvalue weighted by Gasteiger charge is -2.09. The second-order valence-electron chi connectivity index (χ2n) is 2.36. The number of likely N-dealkylation sites (N-methyl/N-ethyl adjacent to an activating group) is 1. The summed E-state index contributed by atoms with van der Waals surface area (Å²) in [5.41, 5.74) is 1.24. The molecule has 2 nitrogen and oxygen atoms in total. The number of hydrogen-bond donors (Lipinski definition) is 0. The zero-order valence-electron chi connectivity index (χ0n) is 6.50. The van der Waals surface area contributed by atoms with E-state index < -0.39 is 0 Å². The van der Waals surface area contributed by atoms with E-state index in [1.807, 2.05) is 7.05 Å². The van der Waals surface area contributed by atoms with Gasteiger partial charge in [-0.1, -0.05) is 19.1 Å². The van der Waals surface area contributed by atoms with Crippen LogP contribution in [0.25, 0.3) is 0 Å². The minimum absolute atomic E-state index is 0.861. The van der Waals surface area contributed by atoms with Crippen molar-refractivity contribution in [2.24, 2.45) is 0 Å². The SMILES string of the molecule is CCC1=CON(C)CC=C1. The zero-order valence-corrected chi connectivity index (χ0v) is 6.50. The molecule has 0 aromatic heterocycles. The van der Waals surface area contributed by atoms with E-state index in [1.54, 1.807) is 11.3 Å². The molecule has 0 fully saturated rings. The molecular formula is C8H13NO. The topological polar surface area (TPSA) is 12.5 Å². The molecular weight excluding hydrogens is 126 g/mol. The lowest BCUT2D eigenvalue weighted by atomic mass is 10.2. The lowest BCUT2D eigenvalue weighted by Crippen LogP contribution is -2.14. The van der Waals surface area contributed by atoms with Crippen LogP contribution in [0, 0.1) is 0 Å². The first-order chi connectivity index (χ1) is 4.83. The Kier molecular flexibility index (Phi) is 2.51. The van der Waals surface area contributed by atoms with Gasteiger partial charge in [0.2, 0.25) is 0 Å². The molecule has 0 unspecified atom stereocenters. The van der Waals surface area contributed by atoms with Gasteiger partial charge in [-0.15, -0.1) is 5.06 Å². The van der Waals surface area contributed by atoms with Gasteiger partial charge in [-0.2, -0.15) is 0 Å². The first-order valence-corrected chi connectivity index (χ1v) is 3.56. The van der Waals surface area contributed by atoms with Crippen LogP contribution in [0.4, 0.5) is 0 Å². The fourth-order valence-electron chi connectivity index (χ4n) is 0.794. The van der Waals surface area contributed by atoms with Gasteiger partial charge in [0.15, 0.2) is 0 Å². The number of hydrogen-bond acceptors (Lipinski definition) is 2. The highest BCUT2D eigenvalue weighted by molar-refractivity contribution is 5.17. The number of allylic oxidation sites excluding steroid dienone is 2. The Morgan fingerprint density at radius 3 is 3.20 bits per heavy atom. The van der Waals surface area contributed by atoms with Crippen LogP contribution < -0.4 is 0 Å². The molecule has 0 atom stereocenters. The van der Waals surface area contributed by atoms with Crippen LogP contribution in [0.5, 0.6) is 0 Å². The van der Waals surface area contributed by atoms with Crippen molar-refractivity contribution >= 4 is 0 Å². The Morgan fingerprint density at radius 2 is 2.50 bits per heavy atom. The van der Waals surface area contributed by atoms with Gasteiger partial charge < -0.3 is 4.84 Å². The maximum Gasteiger partial charge on any atom is 0.114 e. The van der Waals surface area contributed by atoms with Crippen LogP contribution in [-0.2, 0) is 4.84 Å². The van der Waals surface area contributed by atoms with Crippen LogP contribution >= 0.6 is 0 Å². The molecule has 2 heteroatoms. The molecule has 0 amide bonds. The molecule has 1 heterocycles. The highest BCUT2D eigenvalue weighted by Crippen LogP contribution is 2.06. The predicted octanol–water partition coefficient (Wildman–Crippen LogP) is 1.71. The van der Waals surface area contributed by atoms with Gasteiger partial charge in [-0.25, -0.2) is 0 Å². The van der Waals surface area contributed by atoms with E-state index in [0.29, 0.717) is 0 Å². The fourth-order valence-corrected chi connectivity index (χ4v) is 0.794. The van der Waals surface area contributed by atoms with E-state index in [9.17, 15) is 0 Å². The van der Waals surface area contributed by atoms with Gasteiger partial charge >= 0.3 is 0 Å². The Hall–Kier alpha value is -0.760. The molecule has 10 heavy (non-hydrogen) atoms. The van der Waals surface area contributed by atoms with Crippen molar-refractivity contribution in [2.75, 3.05) is 13.6 Å². The molecule has 1 aliphatic rings. The fraction of sp³-hybridized carbons (Fsp3) is 0.500. The van der Waals surface area contributed by atoms with Crippen molar-refractivity contribution in [1.82, 2.24) is 5.06 Å². The molecule has 1 aliphatic heterocycles. The monoisotopic (exact) mass is 139 g/mol. The van der Waals surface area contributed by atoms with Crippen molar-refractivity contribution in [3.05, 3.63) is 24.0 Å². The van der Waals surface area contributed by atoms with Crippen molar-refractivity contribution in [3.8, 4) is 0 Å².